The third-order valence-electron chi connectivity index (χ3n) is 3.72. The Morgan fingerprint density at radius 1 is 1.08 bits per heavy atom. The average Bonchev–Trinajstić information content (AvgIpc) is 2.87. The molecule has 0 unspecified atom stereocenters. The fraction of sp³-hybridized carbons (Fsp3) is 0.500. The second-order valence-electron chi connectivity index (χ2n) is 5.47. The highest BCUT2D eigenvalue weighted by Gasteiger charge is 2.18. The molecule has 0 aromatic heterocycles. The number of hydrogen-bond acceptors (Lipinski definition) is 6. The summed E-state index contributed by atoms with van der Waals surface area (Å²) < 4.78 is 10.0. The summed E-state index contributed by atoms with van der Waals surface area (Å²) in [7, 11) is 0. The summed E-state index contributed by atoms with van der Waals surface area (Å²) in [5.74, 6) is -0.981. The van der Waals surface area contributed by atoms with Crippen LogP contribution in [0.15, 0.2) is 24.3 Å². The number of para-hydroxylation sites is 2. The van der Waals surface area contributed by atoms with Crippen molar-refractivity contribution in [2.45, 2.75) is 25.7 Å². The van der Waals surface area contributed by atoms with Crippen LogP contribution in [0.25, 0.3) is 0 Å². The fourth-order valence-corrected chi connectivity index (χ4v) is 2.46. The molecule has 24 heavy (non-hydrogen) atoms. The van der Waals surface area contributed by atoms with Gasteiger partial charge in [-0.1, -0.05) is 25.0 Å². The van der Waals surface area contributed by atoms with Gasteiger partial charge < -0.3 is 14.4 Å². The van der Waals surface area contributed by atoms with E-state index < -0.39 is 17.5 Å². The predicted octanol–water partition coefficient (Wildman–Crippen LogP) is 1.92. The largest absolute Gasteiger partial charge is 0.475 e. The van der Waals surface area contributed by atoms with Crippen LogP contribution in [0.1, 0.15) is 25.7 Å². The van der Waals surface area contributed by atoms with Gasteiger partial charge in [0.25, 0.3) is 5.91 Å². The first-order valence-electron chi connectivity index (χ1n) is 7.87. The van der Waals surface area contributed by atoms with Crippen molar-refractivity contribution in [1.29, 1.82) is 0 Å². The molecule has 0 atom stereocenters. The summed E-state index contributed by atoms with van der Waals surface area (Å²) in [6.45, 7) is 0.545. The number of rotatable bonds is 6. The average molecular weight is 336 g/mol. The van der Waals surface area contributed by atoms with E-state index in [4.69, 9.17) is 9.47 Å². The van der Waals surface area contributed by atoms with Crippen LogP contribution in [0, 0.1) is 10.1 Å². The maximum atomic E-state index is 12.0. The number of ether oxygens (including phenoxy) is 2. The monoisotopic (exact) mass is 336 g/mol. The number of nitrogens with zero attached hydrogens (tertiary/aromatic N) is 2. The number of carbonyl (C=O) groups excluding carboxylic acids is 2. The first-order valence-corrected chi connectivity index (χ1v) is 7.87. The number of amides is 1. The van der Waals surface area contributed by atoms with E-state index in [1.165, 1.54) is 18.2 Å². The van der Waals surface area contributed by atoms with Gasteiger partial charge in [0.2, 0.25) is 0 Å². The molecule has 1 aromatic rings. The summed E-state index contributed by atoms with van der Waals surface area (Å²) in [6, 6.07) is 5.75. The van der Waals surface area contributed by atoms with Gasteiger partial charge in [0.15, 0.2) is 19.0 Å². The molecule has 1 fully saturated rings. The van der Waals surface area contributed by atoms with Crippen LogP contribution in [0.2, 0.25) is 0 Å². The first-order chi connectivity index (χ1) is 11.6. The summed E-state index contributed by atoms with van der Waals surface area (Å²) in [6.07, 6.45) is 4.13. The lowest BCUT2D eigenvalue weighted by atomic mass is 10.2. The van der Waals surface area contributed by atoms with E-state index in [2.05, 4.69) is 0 Å². The smallest absolute Gasteiger partial charge is 0.344 e. The van der Waals surface area contributed by atoms with Gasteiger partial charge >= 0.3 is 11.7 Å². The molecule has 130 valence electrons. The molecule has 1 aliphatic rings. The molecule has 0 aliphatic carbocycles. The summed E-state index contributed by atoms with van der Waals surface area (Å²) in [4.78, 5) is 35.6. The van der Waals surface area contributed by atoms with Crippen LogP contribution in [-0.2, 0) is 14.3 Å². The Bertz CT molecular complexity index is 596. The van der Waals surface area contributed by atoms with Crippen molar-refractivity contribution >= 4 is 17.6 Å². The zero-order valence-corrected chi connectivity index (χ0v) is 13.3. The van der Waals surface area contributed by atoms with Crippen molar-refractivity contribution in [1.82, 2.24) is 4.90 Å². The van der Waals surface area contributed by atoms with Crippen LogP contribution in [0.3, 0.4) is 0 Å². The van der Waals surface area contributed by atoms with Crippen molar-refractivity contribution in [2.24, 2.45) is 0 Å². The lowest BCUT2D eigenvalue weighted by Gasteiger charge is -2.19. The van der Waals surface area contributed by atoms with Crippen LogP contribution < -0.4 is 4.74 Å². The second kappa shape index (κ2) is 8.85. The van der Waals surface area contributed by atoms with E-state index in [1.54, 1.807) is 11.0 Å². The molecule has 0 spiro atoms. The lowest BCUT2D eigenvalue weighted by molar-refractivity contribution is -0.385. The molecule has 1 saturated heterocycles. The van der Waals surface area contributed by atoms with E-state index in [0.717, 1.165) is 25.7 Å². The molecule has 0 N–H and O–H groups in total. The molecule has 0 bridgehead atoms. The zero-order valence-electron chi connectivity index (χ0n) is 13.3. The fourth-order valence-electron chi connectivity index (χ4n) is 2.46. The summed E-state index contributed by atoms with van der Waals surface area (Å²) >= 11 is 0. The SMILES string of the molecule is O=C(COc1ccccc1[N+](=O)[O-])OCC(=O)N1CCCCCC1. The molecule has 1 aromatic carbocycles. The third-order valence-corrected chi connectivity index (χ3v) is 3.72. The number of carbonyl (C=O) groups is 2. The van der Waals surface area contributed by atoms with Gasteiger partial charge in [-0.3, -0.25) is 14.9 Å². The van der Waals surface area contributed by atoms with Crippen molar-refractivity contribution in [3.05, 3.63) is 34.4 Å². The highest BCUT2D eigenvalue weighted by molar-refractivity contribution is 5.81. The van der Waals surface area contributed by atoms with Crippen molar-refractivity contribution < 1.29 is 24.0 Å². The van der Waals surface area contributed by atoms with Crippen molar-refractivity contribution in [3.63, 3.8) is 0 Å². The Morgan fingerprint density at radius 3 is 2.42 bits per heavy atom. The van der Waals surface area contributed by atoms with E-state index in [-0.39, 0.29) is 24.0 Å². The standard InChI is InChI=1S/C16H20N2O6/c19-15(17-9-5-1-2-6-10-17)11-24-16(20)12-23-14-8-4-3-7-13(14)18(21)22/h3-4,7-8H,1-2,5-6,9-12H2. The summed E-state index contributed by atoms with van der Waals surface area (Å²) in [5, 5.41) is 10.8. The van der Waals surface area contributed by atoms with Crippen molar-refractivity contribution in [3.8, 4) is 5.75 Å². The van der Waals surface area contributed by atoms with E-state index in [9.17, 15) is 19.7 Å². The minimum Gasteiger partial charge on any atom is -0.475 e. The molecule has 1 aliphatic heterocycles. The highest BCUT2D eigenvalue weighted by atomic mass is 16.6. The minimum absolute atomic E-state index is 0.0155. The number of nitro groups is 1. The second-order valence-corrected chi connectivity index (χ2v) is 5.47. The first kappa shape index (κ1) is 17.7. The molecular formula is C16H20N2O6. The van der Waals surface area contributed by atoms with E-state index in [1.807, 2.05) is 0 Å². The van der Waals surface area contributed by atoms with Crippen molar-refractivity contribution in [2.75, 3.05) is 26.3 Å². The van der Waals surface area contributed by atoms with Gasteiger partial charge in [-0.2, -0.15) is 0 Å². The summed E-state index contributed by atoms with van der Waals surface area (Å²) in [5.41, 5.74) is -0.231. The molecular weight excluding hydrogens is 316 g/mol. The maximum Gasteiger partial charge on any atom is 0.344 e. The predicted molar refractivity (Wildman–Crippen MR) is 84.6 cm³/mol. The van der Waals surface area contributed by atoms with Gasteiger partial charge in [0.05, 0.1) is 4.92 Å². The molecule has 1 amide bonds. The van der Waals surface area contributed by atoms with Gasteiger partial charge in [-0.15, -0.1) is 0 Å². The third kappa shape index (κ3) is 5.22. The van der Waals surface area contributed by atoms with Crippen LogP contribution in [0.5, 0.6) is 5.75 Å². The Morgan fingerprint density at radius 2 is 1.75 bits per heavy atom. The number of hydrogen-bond donors (Lipinski definition) is 0. The van der Waals surface area contributed by atoms with Gasteiger partial charge in [-0.05, 0) is 18.9 Å². The molecule has 8 heteroatoms. The molecule has 8 nitrogen and oxygen atoms in total. The van der Waals surface area contributed by atoms with E-state index in [0.29, 0.717) is 13.1 Å². The van der Waals surface area contributed by atoms with Crippen LogP contribution in [0.4, 0.5) is 5.69 Å². The number of esters is 1. The van der Waals surface area contributed by atoms with E-state index >= 15 is 0 Å². The normalized spacial score (nSPS) is 14.6. The van der Waals surface area contributed by atoms with Gasteiger partial charge in [-0.25, -0.2) is 4.79 Å². The Labute approximate surface area is 139 Å². The molecule has 2 rings (SSSR count). The number of benzene rings is 1. The zero-order chi connectivity index (χ0) is 17.4. The number of likely N-dealkylation sites (tertiary alicyclic amines) is 1. The van der Waals surface area contributed by atoms with Gasteiger partial charge in [0.1, 0.15) is 0 Å². The quantitative estimate of drug-likeness (QED) is 0.447. The topological polar surface area (TPSA) is 99.0 Å². The highest BCUT2D eigenvalue weighted by Crippen LogP contribution is 2.25. The Balaban J connectivity index is 1.77. The van der Waals surface area contributed by atoms with Gasteiger partial charge in [0, 0.05) is 19.2 Å². The van der Waals surface area contributed by atoms with Crippen LogP contribution in [-0.4, -0.2) is 48.0 Å². The minimum atomic E-state index is -0.740. The van der Waals surface area contributed by atoms with Crippen LogP contribution >= 0.6 is 0 Å². The maximum absolute atomic E-state index is 12.0. The molecule has 1 heterocycles. The molecule has 0 saturated carbocycles. The lowest BCUT2D eigenvalue weighted by Crippen LogP contribution is -2.35. The Hall–Kier alpha value is -2.64. The Kier molecular flexibility index (Phi) is 6.53. The number of nitro benzene ring substituents is 1. The molecule has 0 radical (unpaired) electrons.